The summed E-state index contributed by atoms with van der Waals surface area (Å²) in [7, 11) is -4.00. The van der Waals surface area contributed by atoms with Gasteiger partial charge in [0.1, 0.15) is 11.1 Å². The van der Waals surface area contributed by atoms with Crippen LogP contribution in [0.3, 0.4) is 0 Å². The van der Waals surface area contributed by atoms with Gasteiger partial charge in [0.15, 0.2) is 0 Å². The molecule has 0 radical (unpaired) electrons. The maximum atomic E-state index is 12.4. The number of nitrogens with zero attached hydrogens (tertiary/aromatic N) is 1. The Morgan fingerprint density at radius 1 is 1.55 bits per heavy atom. The molecule has 2 heterocycles. The Labute approximate surface area is 119 Å². The van der Waals surface area contributed by atoms with Crippen molar-refractivity contribution in [3.8, 4) is 0 Å². The van der Waals surface area contributed by atoms with Crippen molar-refractivity contribution in [2.45, 2.75) is 10.9 Å². The number of amides is 1. The molecule has 3 N–H and O–H groups in total. The SMILES string of the molecule is NC(=O)C1COCCN1S(=O)(=O)c1c[nH]c(=O)c(Cl)c1. The molecule has 20 heavy (non-hydrogen) atoms. The first-order chi connectivity index (χ1) is 9.34. The predicted octanol–water partition coefficient (Wildman–Crippen LogP) is -1.10. The van der Waals surface area contributed by atoms with Gasteiger partial charge in [-0.05, 0) is 6.07 Å². The molecule has 1 amide bonds. The van der Waals surface area contributed by atoms with Gasteiger partial charge in [-0.1, -0.05) is 11.6 Å². The number of morpholine rings is 1. The number of ether oxygens (including phenoxy) is 1. The first kappa shape index (κ1) is 15.0. The second-order valence-corrected chi connectivity index (χ2v) is 6.42. The summed E-state index contributed by atoms with van der Waals surface area (Å²) in [5.41, 5.74) is 4.58. The lowest BCUT2D eigenvalue weighted by molar-refractivity contribution is -0.125. The number of aromatic nitrogens is 1. The van der Waals surface area contributed by atoms with E-state index in [4.69, 9.17) is 22.1 Å². The van der Waals surface area contributed by atoms with Crippen molar-refractivity contribution in [3.05, 3.63) is 27.6 Å². The average Bonchev–Trinajstić information content (AvgIpc) is 2.41. The zero-order chi connectivity index (χ0) is 14.9. The molecule has 1 atom stereocenters. The number of nitrogens with one attached hydrogen (secondary N) is 1. The minimum atomic E-state index is -4.00. The van der Waals surface area contributed by atoms with E-state index < -0.39 is 27.5 Å². The van der Waals surface area contributed by atoms with Gasteiger partial charge in [-0.15, -0.1) is 0 Å². The molecular weight excluding hydrogens is 310 g/mol. The number of pyridine rings is 1. The van der Waals surface area contributed by atoms with Crippen molar-refractivity contribution in [1.82, 2.24) is 9.29 Å². The molecule has 8 nitrogen and oxygen atoms in total. The standard InChI is InChI=1S/C10H12ClN3O5S/c11-7-3-6(4-13-10(7)16)20(17,18)14-1-2-19-5-8(14)9(12)15/h3-4,8H,1-2,5H2,(H2,12,15)(H,13,16). The third-order valence-corrected chi connectivity index (χ3v) is 5.01. The molecule has 0 aliphatic carbocycles. The van der Waals surface area contributed by atoms with Gasteiger partial charge in [0.05, 0.1) is 18.1 Å². The predicted molar refractivity (Wildman–Crippen MR) is 69.8 cm³/mol. The van der Waals surface area contributed by atoms with Crippen molar-refractivity contribution < 1.29 is 17.9 Å². The fraction of sp³-hybridized carbons (Fsp3) is 0.400. The van der Waals surface area contributed by atoms with E-state index in [1.807, 2.05) is 0 Å². The van der Waals surface area contributed by atoms with Crippen LogP contribution in [0, 0.1) is 0 Å². The molecule has 0 saturated carbocycles. The number of H-pyrrole nitrogens is 1. The Morgan fingerprint density at radius 2 is 2.25 bits per heavy atom. The van der Waals surface area contributed by atoms with Crippen molar-refractivity contribution >= 4 is 27.5 Å². The largest absolute Gasteiger partial charge is 0.378 e. The van der Waals surface area contributed by atoms with Crippen LogP contribution in [0.5, 0.6) is 0 Å². The van der Waals surface area contributed by atoms with Gasteiger partial charge >= 0.3 is 0 Å². The van der Waals surface area contributed by atoms with E-state index in [1.165, 1.54) is 0 Å². The summed E-state index contributed by atoms with van der Waals surface area (Å²) >= 11 is 5.61. The quantitative estimate of drug-likeness (QED) is 0.732. The van der Waals surface area contributed by atoms with E-state index in [0.717, 1.165) is 16.6 Å². The zero-order valence-electron chi connectivity index (χ0n) is 10.2. The number of halogens is 1. The summed E-state index contributed by atoms with van der Waals surface area (Å²) in [4.78, 5) is 24.5. The normalized spacial score (nSPS) is 20.8. The van der Waals surface area contributed by atoms with Crippen LogP contribution in [0.2, 0.25) is 5.02 Å². The van der Waals surface area contributed by atoms with Gasteiger partial charge in [0.2, 0.25) is 15.9 Å². The number of carbonyl (C=O) groups is 1. The summed E-state index contributed by atoms with van der Waals surface area (Å²) in [5.74, 6) is -0.802. The Balaban J connectivity index is 2.44. The van der Waals surface area contributed by atoms with Crippen LogP contribution in [-0.2, 0) is 19.6 Å². The number of hydrogen-bond acceptors (Lipinski definition) is 5. The highest BCUT2D eigenvalue weighted by atomic mass is 35.5. The van der Waals surface area contributed by atoms with E-state index in [1.54, 1.807) is 0 Å². The van der Waals surface area contributed by atoms with E-state index in [-0.39, 0.29) is 29.7 Å². The van der Waals surface area contributed by atoms with Crippen molar-refractivity contribution in [2.24, 2.45) is 5.73 Å². The van der Waals surface area contributed by atoms with Gasteiger partial charge in [-0.2, -0.15) is 4.31 Å². The lowest BCUT2D eigenvalue weighted by atomic mass is 10.3. The number of carbonyl (C=O) groups excluding carboxylic acids is 1. The first-order valence-electron chi connectivity index (χ1n) is 5.61. The molecule has 1 unspecified atom stereocenters. The fourth-order valence-corrected chi connectivity index (χ4v) is 3.62. The lowest BCUT2D eigenvalue weighted by Crippen LogP contribution is -2.54. The topological polar surface area (TPSA) is 123 Å². The Kier molecular flexibility index (Phi) is 4.14. The van der Waals surface area contributed by atoms with Gasteiger partial charge < -0.3 is 15.5 Å². The maximum absolute atomic E-state index is 12.4. The van der Waals surface area contributed by atoms with Gasteiger partial charge in [0, 0.05) is 12.7 Å². The molecule has 1 saturated heterocycles. The number of hydrogen-bond donors (Lipinski definition) is 2. The highest BCUT2D eigenvalue weighted by Crippen LogP contribution is 2.20. The summed E-state index contributed by atoms with van der Waals surface area (Å²) in [5, 5.41) is -0.255. The fourth-order valence-electron chi connectivity index (χ4n) is 1.82. The van der Waals surface area contributed by atoms with Crippen LogP contribution in [-0.4, -0.2) is 49.4 Å². The molecule has 0 bridgehead atoms. The molecule has 1 aromatic rings. The number of nitrogens with two attached hydrogens (primary N) is 1. The van der Waals surface area contributed by atoms with Crippen molar-refractivity contribution in [3.63, 3.8) is 0 Å². The number of sulfonamides is 1. The van der Waals surface area contributed by atoms with E-state index in [2.05, 4.69) is 4.98 Å². The van der Waals surface area contributed by atoms with Crippen molar-refractivity contribution in [1.29, 1.82) is 0 Å². The lowest BCUT2D eigenvalue weighted by Gasteiger charge is -2.32. The molecule has 0 aromatic carbocycles. The average molecular weight is 322 g/mol. The molecule has 1 aliphatic heterocycles. The van der Waals surface area contributed by atoms with E-state index in [0.29, 0.717) is 0 Å². The van der Waals surface area contributed by atoms with Gasteiger partial charge in [-0.25, -0.2) is 8.42 Å². The third kappa shape index (κ3) is 2.70. The van der Waals surface area contributed by atoms with Crippen LogP contribution in [0.4, 0.5) is 0 Å². The summed E-state index contributed by atoms with van der Waals surface area (Å²) < 4.78 is 30.9. The first-order valence-corrected chi connectivity index (χ1v) is 7.43. The molecule has 1 aromatic heterocycles. The van der Waals surface area contributed by atoms with Gasteiger partial charge in [-0.3, -0.25) is 9.59 Å². The smallest absolute Gasteiger partial charge is 0.266 e. The Morgan fingerprint density at radius 3 is 2.85 bits per heavy atom. The minimum Gasteiger partial charge on any atom is -0.378 e. The van der Waals surface area contributed by atoms with Crippen LogP contribution in [0.15, 0.2) is 22.0 Å². The molecule has 2 rings (SSSR count). The number of rotatable bonds is 3. The summed E-state index contributed by atoms with van der Waals surface area (Å²) in [6, 6.07) is -0.0528. The zero-order valence-corrected chi connectivity index (χ0v) is 11.8. The molecule has 0 spiro atoms. The molecule has 1 aliphatic rings. The second kappa shape index (κ2) is 5.52. The highest BCUT2D eigenvalue weighted by Gasteiger charge is 2.37. The monoisotopic (exact) mass is 321 g/mol. The number of aromatic amines is 1. The second-order valence-electron chi connectivity index (χ2n) is 4.12. The number of primary amides is 1. The summed E-state index contributed by atoms with van der Waals surface area (Å²) in [6.45, 7) is 0.0401. The van der Waals surface area contributed by atoms with Crippen LogP contribution < -0.4 is 11.3 Å². The minimum absolute atomic E-state index is 0.00726. The third-order valence-electron chi connectivity index (χ3n) is 2.85. The highest BCUT2D eigenvalue weighted by molar-refractivity contribution is 7.89. The Hall–Kier alpha value is -1.42. The maximum Gasteiger partial charge on any atom is 0.266 e. The van der Waals surface area contributed by atoms with Crippen LogP contribution in [0.25, 0.3) is 0 Å². The van der Waals surface area contributed by atoms with E-state index in [9.17, 15) is 18.0 Å². The molecular formula is C10H12ClN3O5S. The van der Waals surface area contributed by atoms with Crippen LogP contribution in [0.1, 0.15) is 0 Å². The van der Waals surface area contributed by atoms with Gasteiger partial charge in [0.25, 0.3) is 5.56 Å². The Bertz CT molecular complexity index is 686. The van der Waals surface area contributed by atoms with E-state index >= 15 is 0 Å². The van der Waals surface area contributed by atoms with Crippen molar-refractivity contribution in [2.75, 3.05) is 19.8 Å². The molecule has 1 fully saturated rings. The molecule has 110 valence electrons. The van der Waals surface area contributed by atoms with Crippen LogP contribution >= 0.6 is 11.6 Å². The summed E-state index contributed by atoms with van der Waals surface area (Å²) in [6.07, 6.45) is 1.02. The molecule has 10 heteroatoms.